The average molecular weight is 253 g/mol. The van der Waals surface area contributed by atoms with E-state index in [0.717, 1.165) is 5.56 Å². The van der Waals surface area contributed by atoms with Gasteiger partial charge in [-0.3, -0.25) is 14.5 Å². The Balaban J connectivity index is 2.20. The number of nitrogens with two attached hydrogens (primary N) is 1. The summed E-state index contributed by atoms with van der Waals surface area (Å²) in [7, 11) is 0. The van der Waals surface area contributed by atoms with Gasteiger partial charge in [0.25, 0.3) is 0 Å². The summed E-state index contributed by atoms with van der Waals surface area (Å²) < 4.78 is 0. The van der Waals surface area contributed by atoms with Crippen molar-refractivity contribution in [2.75, 3.05) is 0 Å². The molecular weight excluding hydrogens is 240 g/mol. The fourth-order valence-electron chi connectivity index (χ4n) is 1.82. The van der Waals surface area contributed by atoms with Gasteiger partial charge in [-0.15, -0.1) is 0 Å². The molecule has 0 radical (unpaired) electrons. The van der Waals surface area contributed by atoms with Crippen LogP contribution in [0, 0.1) is 0 Å². The maximum absolute atomic E-state index is 11.8. The molecule has 1 aliphatic heterocycles. The molecule has 1 aromatic carbocycles. The predicted octanol–water partition coefficient (Wildman–Crippen LogP) is 1.32. The Bertz CT molecular complexity index is 462. The monoisotopic (exact) mass is 252 g/mol. The first-order valence-corrected chi connectivity index (χ1v) is 5.80. The van der Waals surface area contributed by atoms with Crippen LogP contribution in [-0.2, 0) is 16.1 Å². The quantitative estimate of drug-likeness (QED) is 0.808. The topological polar surface area (TPSA) is 63.4 Å². The van der Waals surface area contributed by atoms with Gasteiger partial charge in [0, 0.05) is 11.4 Å². The second-order valence-electron chi connectivity index (χ2n) is 4.05. The first-order valence-electron chi connectivity index (χ1n) is 5.43. The van der Waals surface area contributed by atoms with Gasteiger partial charge in [0.15, 0.2) is 0 Å². The van der Waals surface area contributed by atoms with Crippen molar-refractivity contribution in [3.05, 3.63) is 34.9 Å². The summed E-state index contributed by atoms with van der Waals surface area (Å²) in [5.41, 5.74) is 6.40. The van der Waals surface area contributed by atoms with Crippen LogP contribution in [0.2, 0.25) is 5.02 Å². The molecule has 0 unspecified atom stereocenters. The van der Waals surface area contributed by atoms with E-state index < -0.39 is 6.04 Å². The van der Waals surface area contributed by atoms with Gasteiger partial charge >= 0.3 is 0 Å². The molecule has 2 rings (SSSR count). The van der Waals surface area contributed by atoms with Gasteiger partial charge in [-0.05, 0) is 18.1 Å². The minimum Gasteiger partial charge on any atom is -0.320 e. The largest absolute Gasteiger partial charge is 0.320 e. The zero-order chi connectivity index (χ0) is 12.4. The second-order valence-corrected chi connectivity index (χ2v) is 4.46. The first kappa shape index (κ1) is 12.1. The van der Waals surface area contributed by atoms with Gasteiger partial charge in [0.1, 0.15) is 0 Å². The molecule has 1 saturated heterocycles. The highest BCUT2D eigenvalue weighted by Crippen LogP contribution is 2.20. The smallest absolute Gasteiger partial charge is 0.246 e. The van der Waals surface area contributed by atoms with Crippen LogP contribution in [0.15, 0.2) is 24.3 Å². The van der Waals surface area contributed by atoms with Crippen LogP contribution in [0.3, 0.4) is 0 Å². The van der Waals surface area contributed by atoms with Crippen LogP contribution < -0.4 is 5.73 Å². The number of piperidine rings is 1. The Morgan fingerprint density at radius 1 is 1.35 bits per heavy atom. The molecule has 1 fully saturated rings. The van der Waals surface area contributed by atoms with Crippen molar-refractivity contribution < 1.29 is 9.59 Å². The molecule has 2 amide bonds. The van der Waals surface area contributed by atoms with E-state index in [4.69, 9.17) is 17.3 Å². The Hall–Kier alpha value is -1.39. The van der Waals surface area contributed by atoms with E-state index in [9.17, 15) is 9.59 Å². The van der Waals surface area contributed by atoms with Crippen LogP contribution in [0.4, 0.5) is 0 Å². The molecule has 0 spiro atoms. The molecule has 1 aliphatic rings. The lowest BCUT2D eigenvalue weighted by atomic mass is 10.0. The molecule has 0 saturated carbocycles. The minimum absolute atomic E-state index is 0.184. The highest BCUT2D eigenvalue weighted by atomic mass is 35.5. The number of likely N-dealkylation sites (tertiary alicyclic amines) is 1. The Morgan fingerprint density at radius 2 is 2.06 bits per heavy atom. The van der Waals surface area contributed by atoms with E-state index in [1.54, 1.807) is 18.2 Å². The van der Waals surface area contributed by atoms with Gasteiger partial charge in [-0.2, -0.15) is 0 Å². The summed E-state index contributed by atoms with van der Waals surface area (Å²) in [6.07, 6.45) is 0.744. The number of carbonyl (C=O) groups excluding carboxylic acids is 2. The van der Waals surface area contributed by atoms with Crippen molar-refractivity contribution in [2.45, 2.75) is 25.4 Å². The molecule has 0 aromatic heterocycles. The molecule has 90 valence electrons. The third-order valence-corrected chi connectivity index (χ3v) is 3.21. The van der Waals surface area contributed by atoms with Crippen LogP contribution in [0.1, 0.15) is 18.4 Å². The number of hydrogen-bond donors (Lipinski definition) is 1. The van der Waals surface area contributed by atoms with Crippen molar-refractivity contribution in [3.63, 3.8) is 0 Å². The predicted molar refractivity (Wildman–Crippen MR) is 64.2 cm³/mol. The number of nitrogens with zero attached hydrogens (tertiary/aromatic N) is 1. The standard InChI is InChI=1S/C12H13ClN2O2/c13-9-4-2-1-3-8(9)7-15-11(16)6-5-10(14)12(15)17/h1-4,10H,5-7,14H2/t10-/m0/s1. The second kappa shape index (κ2) is 4.85. The normalized spacial score (nSPS) is 20.8. The van der Waals surface area contributed by atoms with Crippen molar-refractivity contribution in [3.8, 4) is 0 Å². The van der Waals surface area contributed by atoms with E-state index in [0.29, 0.717) is 17.9 Å². The number of amides is 2. The summed E-state index contributed by atoms with van der Waals surface area (Å²) in [5.74, 6) is -0.502. The lowest BCUT2D eigenvalue weighted by Gasteiger charge is -2.28. The molecular formula is C12H13ClN2O2. The molecule has 2 N–H and O–H groups in total. The maximum atomic E-state index is 11.8. The Labute approximate surface area is 104 Å². The first-order chi connectivity index (χ1) is 8.09. The highest BCUT2D eigenvalue weighted by Gasteiger charge is 2.32. The fraction of sp³-hybridized carbons (Fsp3) is 0.333. The van der Waals surface area contributed by atoms with Gasteiger partial charge in [-0.1, -0.05) is 29.8 Å². The average Bonchev–Trinajstić information content (AvgIpc) is 2.32. The van der Waals surface area contributed by atoms with Gasteiger partial charge in [0.2, 0.25) is 11.8 Å². The van der Waals surface area contributed by atoms with Gasteiger partial charge in [-0.25, -0.2) is 0 Å². The molecule has 1 heterocycles. The number of halogens is 1. The van der Waals surface area contributed by atoms with Crippen LogP contribution >= 0.6 is 11.6 Å². The summed E-state index contributed by atoms with van der Waals surface area (Å²) in [5, 5.41) is 0.548. The zero-order valence-electron chi connectivity index (χ0n) is 9.23. The van der Waals surface area contributed by atoms with Gasteiger partial charge < -0.3 is 5.73 Å². The van der Waals surface area contributed by atoms with Crippen LogP contribution in [-0.4, -0.2) is 22.8 Å². The summed E-state index contributed by atoms with van der Waals surface area (Å²) in [4.78, 5) is 24.7. The molecule has 1 atom stereocenters. The third kappa shape index (κ3) is 2.48. The Kier molecular flexibility index (Phi) is 3.45. The minimum atomic E-state index is -0.574. The highest BCUT2D eigenvalue weighted by molar-refractivity contribution is 6.31. The molecule has 0 aliphatic carbocycles. The van der Waals surface area contributed by atoms with Crippen LogP contribution in [0.5, 0.6) is 0 Å². The molecule has 1 aromatic rings. The lowest BCUT2D eigenvalue weighted by molar-refractivity contribution is -0.149. The van der Waals surface area contributed by atoms with Crippen molar-refractivity contribution >= 4 is 23.4 Å². The summed E-state index contributed by atoms with van der Waals surface area (Å²) in [6.45, 7) is 0.199. The lowest BCUT2D eigenvalue weighted by Crippen LogP contribution is -2.50. The maximum Gasteiger partial charge on any atom is 0.246 e. The number of benzene rings is 1. The van der Waals surface area contributed by atoms with E-state index in [2.05, 4.69) is 0 Å². The number of hydrogen-bond acceptors (Lipinski definition) is 3. The zero-order valence-corrected chi connectivity index (χ0v) is 9.98. The van der Waals surface area contributed by atoms with E-state index >= 15 is 0 Å². The van der Waals surface area contributed by atoms with E-state index in [-0.39, 0.29) is 18.4 Å². The van der Waals surface area contributed by atoms with E-state index in [1.165, 1.54) is 4.90 Å². The Morgan fingerprint density at radius 3 is 2.76 bits per heavy atom. The van der Waals surface area contributed by atoms with E-state index in [1.807, 2.05) is 6.07 Å². The molecule has 5 heteroatoms. The van der Waals surface area contributed by atoms with Crippen molar-refractivity contribution in [1.29, 1.82) is 0 Å². The fourth-order valence-corrected chi connectivity index (χ4v) is 2.02. The van der Waals surface area contributed by atoms with Gasteiger partial charge in [0.05, 0.1) is 12.6 Å². The van der Waals surface area contributed by atoms with Crippen molar-refractivity contribution in [1.82, 2.24) is 4.90 Å². The number of imide groups is 1. The summed E-state index contributed by atoms with van der Waals surface area (Å²) >= 11 is 5.99. The third-order valence-electron chi connectivity index (χ3n) is 2.84. The molecule has 4 nitrogen and oxygen atoms in total. The summed E-state index contributed by atoms with van der Waals surface area (Å²) in [6, 6.07) is 6.58. The number of carbonyl (C=O) groups is 2. The SMILES string of the molecule is N[C@H]1CCC(=O)N(Cc2ccccc2Cl)C1=O. The molecule has 0 bridgehead atoms. The van der Waals surface area contributed by atoms with Crippen molar-refractivity contribution in [2.24, 2.45) is 5.73 Å². The van der Waals surface area contributed by atoms with Crippen LogP contribution in [0.25, 0.3) is 0 Å². The molecule has 17 heavy (non-hydrogen) atoms. The number of rotatable bonds is 2.